The highest BCUT2D eigenvalue weighted by Gasteiger charge is 2.34. The Balaban J connectivity index is 2.00. The van der Waals surface area contributed by atoms with Gasteiger partial charge in [-0.25, -0.2) is 0 Å². The molecule has 0 aliphatic heterocycles. The maximum Gasteiger partial charge on any atom is 0.406 e. The van der Waals surface area contributed by atoms with Gasteiger partial charge >= 0.3 is 6.18 Å². The molecule has 0 N–H and O–H groups in total. The normalized spacial score (nSPS) is 11.7. The highest BCUT2D eigenvalue weighted by atomic mass is 35.5. The quantitative estimate of drug-likeness (QED) is 0.689. The van der Waals surface area contributed by atoms with Crippen molar-refractivity contribution in [3.8, 4) is 0 Å². The van der Waals surface area contributed by atoms with Gasteiger partial charge in [-0.15, -0.1) is 0 Å². The van der Waals surface area contributed by atoms with Crippen molar-refractivity contribution in [2.24, 2.45) is 7.05 Å². The summed E-state index contributed by atoms with van der Waals surface area (Å²) in [6, 6.07) is 8.24. The minimum Gasteiger partial charge on any atom is -0.323 e. The van der Waals surface area contributed by atoms with E-state index in [9.17, 15) is 18.0 Å². The zero-order valence-electron chi connectivity index (χ0n) is 13.7. The monoisotopic (exact) mass is 382 g/mol. The lowest BCUT2D eigenvalue weighted by molar-refractivity contribution is -0.141. The topological polar surface area (TPSA) is 51.0 Å². The molecular weight excluding hydrogens is 369 g/mol. The number of aromatic nitrogens is 3. The Morgan fingerprint density at radius 3 is 2.65 bits per heavy atom. The molecule has 1 aromatic carbocycles. The molecule has 0 bridgehead atoms. The van der Waals surface area contributed by atoms with E-state index < -0.39 is 18.6 Å². The number of aryl methyl sites for hydroxylation is 1. The highest BCUT2D eigenvalue weighted by molar-refractivity contribution is 6.31. The summed E-state index contributed by atoms with van der Waals surface area (Å²) in [5, 5.41) is 4.89. The van der Waals surface area contributed by atoms with Gasteiger partial charge < -0.3 is 4.90 Å². The van der Waals surface area contributed by atoms with Crippen LogP contribution in [0.15, 0.2) is 42.7 Å². The Kier molecular flexibility index (Phi) is 4.86. The van der Waals surface area contributed by atoms with E-state index in [2.05, 4.69) is 10.1 Å². The number of pyridine rings is 1. The molecule has 0 radical (unpaired) electrons. The van der Waals surface area contributed by atoms with Crippen molar-refractivity contribution in [1.82, 2.24) is 19.7 Å². The number of rotatable bonds is 4. The number of halogens is 4. The summed E-state index contributed by atoms with van der Waals surface area (Å²) >= 11 is 5.99. The minimum absolute atomic E-state index is 0.0967. The first-order valence-corrected chi connectivity index (χ1v) is 8.00. The highest BCUT2D eigenvalue weighted by Crippen LogP contribution is 2.24. The van der Waals surface area contributed by atoms with Gasteiger partial charge in [-0.3, -0.25) is 14.5 Å². The SMILES string of the molecule is Cn1cc(Cl)c(CN(CC(F)(F)F)C(=O)c2cccc3cccnc23)n1. The van der Waals surface area contributed by atoms with Crippen molar-refractivity contribution in [2.75, 3.05) is 6.54 Å². The van der Waals surface area contributed by atoms with Crippen LogP contribution in [0, 0.1) is 0 Å². The first kappa shape index (κ1) is 18.2. The predicted octanol–water partition coefficient (Wildman–Crippen LogP) is 3.83. The zero-order chi connectivity index (χ0) is 18.9. The van der Waals surface area contributed by atoms with E-state index in [1.165, 1.54) is 23.1 Å². The third-order valence-electron chi connectivity index (χ3n) is 3.72. The van der Waals surface area contributed by atoms with Gasteiger partial charge in [-0.1, -0.05) is 29.8 Å². The van der Waals surface area contributed by atoms with E-state index in [-0.39, 0.29) is 22.8 Å². The van der Waals surface area contributed by atoms with Crippen LogP contribution in [0.2, 0.25) is 5.02 Å². The number of amides is 1. The first-order valence-electron chi connectivity index (χ1n) is 7.62. The van der Waals surface area contributed by atoms with Gasteiger partial charge in [-0.05, 0) is 12.1 Å². The van der Waals surface area contributed by atoms with E-state index in [4.69, 9.17) is 11.6 Å². The van der Waals surface area contributed by atoms with E-state index in [0.29, 0.717) is 15.8 Å². The second kappa shape index (κ2) is 6.95. The molecule has 0 unspecified atom stereocenters. The fraction of sp³-hybridized carbons (Fsp3) is 0.235. The van der Waals surface area contributed by atoms with E-state index in [0.717, 1.165) is 0 Å². The molecular formula is C17H14ClF3N4O. The lowest BCUT2D eigenvalue weighted by Gasteiger charge is -2.23. The molecule has 2 heterocycles. The lowest BCUT2D eigenvalue weighted by atomic mass is 10.1. The van der Waals surface area contributed by atoms with Crippen LogP contribution in [0.25, 0.3) is 10.9 Å². The summed E-state index contributed by atoms with van der Waals surface area (Å²) in [5.74, 6) is -0.784. The Morgan fingerprint density at radius 2 is 2.00 bits per heavy atom. The van der Waals surface area contributed by atoms with Gasteiger partial charge in [0.1, 0.15) is 12.2 Å². The molecule has 136 valence electrons. The van der Waals surface area contributed by atoms with Crippen LogP contribution < -0.4 is 0 Å². The molecule has 0 aliphatic carbocycles. The summed E-state index contributed by atoms with van der Waals surface area (Å²) in [5.41, 5.74) is 0.638. The van der Waals surface area contributed by atoms with Gasteiger partial charge in [0.05, 0.1) is 22.6 Å². The number of benzene rings is 1. The number of para-hydroxylation sites is 1. The summed E-state index contributed by atoms with van der Waals surface area (Å²) in [6.07, 6.45) is -1.61. The van der Waals surface area contributed by atoms with Crippen molar-refractivity contribution >= 4 is 28.4 Å². The molecule has 26 heavy (non-hydrogen) atoms. The molecule has 1 amide bonds. The molecule has 3 aromatic rings. The summed E-state index contributed by atoms with van der Waals surface area (Å²) in [7, 11) is 1.60. The van der Waals surface area contributed by atoms with Gasteiger partial charge in [0.2, 0.25) is 0 Å². The smallest absolute Gasteiger partial charge is 0.323 e. The molecule has 9 heteroatoms. The standard InChI is InChI=1S/C17H14ClF3N4O/c1-24-8-13(18)14(23-24)9-25(10-17(19,20)21)16(26)12-6-2-4-11-5-3-7-22-15(11)12/h2-8H,9-10H2,1H3. The maximum absolute atomic E-state index is 13.0. The van der Waals surface area contributed by atoms with E-state index >= 15 is 0 Å². The number of fused-ring (bicyclic) bond motifs is 1. The Labute approximate surface area is 152 Å². The van der Waals surface area contributed by atoms with Gasteiger partial charge in [0.15, 0.2) is 0 Å². The summed E-state index contributed by atoms with van der Waals surface area (Å²) in [4.78, 5) is 17.7. The number of carbonyl (C=O) groups is 1. The summed E-state index contributed by atoms with van der Waals surface area (Å²) in [6.45, 7) is -1.77. The molecule has 0 fully saturated rings. The van der Waals surface area contributed by atoms with Crippen LogP contribution >= 0.6 is 11.6 Å². The number of carbonyl (C=O) groups excluding carboxylic acids is 1. The molecule has 0 aliphatic rings. The van der Waals surface area contributed by atoms with E-state index in [1.54, 1.807) is 31.3 Å². The van der Waals surface area contributed by atoms with Gasteiger partial charge in [0, 0.05) is 24.8 Å². The van der Waals surface area contributed by atoms with Crippen LogP contribution in [0.3, 0.4) is 0 Å². The maximum atomic E-state index is 13.0. The van der Waals surface area contributed by atoms with Crippen LogP contribution in [-0.2, 0) is 13.6 Å². The van der Waals surface area contributed by atoms with Crippen LogP contribution in [-0.4, -0.2) is 38.3 Å². The number of hydrogen-bond acceptors (Lipinski definition) is 3. The number of hydrogen-bond donors (Lipinski definition) is 0. The third-order valence-corrected chi connectivity index (χ3v) is 4.03. The first-order chi connectivity index (χ1) is 12.2. The van der Waals surface area contributed by atoms with Gasteiger partial charge in [-0.2, -0.15) is 18.3 Å². The average molecular weight is 383 g/mol. The average Bonchev–Trinajstić information content (AvgIpc) is 2.89. The fourth-order valence-corrected chi connectivity index (χ4v) is 2.90. The molecule has 0 saturated carbocycles. The number of nitrogens with zero attached hydrogens (tertiary/aromatic N) is 4. The molecule has 0 atom stereocenters. The second-order valence-corrected chi connectivity index (χ2v) is 6.16. The van der Waals surface area contributed by atoms with Crippen molar-refractivity contribution in [3.05, 3.63) is 59.0 Å². The fourth-order valence-electron chi connectivity index (χ4n) is 2.66. The van der Waals surface area contributed by atoms with Crippen molar-refractivity contribution < 1.29 is 18.0 Å². The van der Waals surface area contributed by atoms with Crippen LogP contribution in [0.5, 0.6) is 0 Å². The predicted molar refractivity (Wildman–Crippen MR) is 90.8 cm³/mol. The molecule has 0 spiro atoms. The largest absolute Gasteiger partial charge is 0.406 e. The minimum atomic E-state index is -4.56. The van der Waals surface area contributed by atoms with Crippen molar-refractivity contribution in [2.45, 2.75) is 12.7 Å². The van der Waals surface area contributed by atoms with Gasteiger partial charge in [0.25, 0.3) is 5.91 Å². The Hall–Kier alpha value is -2.61. The molecule has 3 rings (SSSR count). The Bertz CT molecular complexity index is 949. The zero-order valence-corrected chi connectivity index (χ0v) is 14.4. The summed E-state index contributed by atoms with van der Waals surface area (Å²) < 4.78 is 40.5. The second-order valence-electron chi connectivity index (χ2n) is 5.75. The lowest BCUT2D eigenvalue weighted by Crippen LogP contribution is -2.38. The molecule has 0 saturated heterocycles. The van der Waals surface area contributed by atoms with E-state index in [1.807, 2.05) is 0 Å². The molecule has 2 aromatic heterocycles. The Morgan fingerprint density at radius 1 is 1.27 bits per heavy atom. The van der Waals surface area contributed by atoms with Crippen LogP contribution in [0.1, 0.15) is 16.1 Å². The third kappa shape index (κ3) is 3.96. The van der Waals surface area contributed by atoms with Crippen molar-refractivity contribution in [1.29, 1.82) is 0 Å². The van der Waals surface area contributed by atoms with Crippen molar-refractivity contribution in [3.63, 3.8) is 0 Å². The van der Waals surface area contributed by atoms with Crippen LogP contribution in [0.4, 0.5) is 13.2 Å². The molecule has 5 nitrogen and oxygen atoms in total. The number of alkyl halides is 3.